The monoisotopic (exact) mass is 767 g/mol. The van der Waals surface area contributed by atoms with E-state index in [1.54, 1.807) is 0 Å². The first-order valence-electron chi connectivity index (χ1n) is 20.8. The Morgan fingerprint density at radius 2 is 1.50 bits per heavy atom. The molecule has 0 bridgehead atoms. The zero-order valence-corrected chi connectivity index (χ0v) is 33.2. The van der Waals surface area contributed by atoms with Crippen molar-refractivity contribution in [3.05, 3.63) is 184 Å². The summed E-state index contributed by atoms with van der Waals surface area (Å²) in [6.45, 7) is 2.33. The summed E-state index contributed by atoms with van der Waals surface area (Å²) in [5.74, 6) is 1.40. The van der Waals surface area contributed by atoms with Gasteiger partial charge in [0.25, 0.3) is 0 Å². The average molecular weight is 768 g/mol. The molecule has 6 aromatic carbocycles. The molecule has 0 radical (unpaired) electrons. The van der Waals surface area contributed by atoms with Crippen LogP contribution < -0.4 is 0 Å². The van der Waals surface area contributed by atoms with E-state index >= 15 is 0 Å². The van der Waals surface area contributed by atoms with Gasteiger partial charge < -0.3 is 8.83 Å². The van der Waals surface area contributed by atoms with Gasteiger partial charge in [0.2, 0.25) is 0 Å². The van der Waals surface area contributed by atoms with Crippen molar-refractivity contribution in [1.82, 2.24) is 0 Å². The Morgan fingerprint density at radius 1 is 0.690 bits per heavy atom. The van der Waals surface area contributed by atoms with E-state index in [1.165, 1.54) is 70.1 Å². The summed E-state index contributed by atoms with van der Waals surface area (Å²) in [7, 11) is 0. The molecule has 1 aliphatic heterocycles. The van der Waals surface area contributed by atoms with Gasteiger partial charge in [0.1, 0.15) is 22.5 Å². The summed E-state index contributed by atoms with van der Waals surface area (Å²) in [6.07, 6.45) is 14.4. The number of rotatable bonds is 5. The number of para-hydroxylation sites is 1. The van der Waals surface area contributed by atoms with Gasteiger partial charge in [-0.05, 0) is 112 Å². The highest BCUT2D eigenvalue weighted by Crippen LogP contribution is 2.49. The fraction of sp³-hybridized carbons (Fsp3) is 0.167. The molecule has 0 amide bonds. The molecule has 0 saturated heterocycles. The molecule has 12 rings (SSSR count). The van der Waals surface area contributed by atoms with E-state index in [0.29, 0.717) is 0 Å². The number of hydrogen-bond acceptors (Lipinski definition) is 4. The van der Waals surface area contributed by atoms with Gasteiger partial charge in [-0.25, -0.2) is 0 Å². The molecule has 0 fully saturated rings. The van der Waals surface area contributed by atoms with Crippen LogP contribution in [0.2, 0.25) is 0 Å². The highest BCUT2D eigenvalue weighted by atomic mass is 32.1. The largest absolute Gasteiger partial charge is 0.456 e. The lowest BCUT2D eigenvalue weighted by atomic mass is 9.78. The van der Waals surface area contributed by atoms with Gasteiger partial charge in [-0.15, -0.1) is 11.3 Å². The zero-order valence-electron chi connectivity index (χ0n) is 32.4. The molecule has 0 spiro atoms. The van der Waals surface area contributed by atoms with Gasteiger partial charge in [-0.1, -0.05) is 116 Å². The fourth-order valence-electron chi connectivity index (χ4n) is 10.3. The minimum absolute atomic E-state index is 0.118. The predicted molar refractivity (Wildman–Crippen MR) is 244 cm³/mol. The van der Waals surface area contributed by atoms with E-state index in [1.807, 2.05) is 17.4 Å². The van der Waals surface area contributed by atoms with Gasteiger partial charge in [0, 0.05) is 60.7 Å². The highest BCUT2D eigenvalue weighted by molar-refractivity contribution is 7.19. The van der Waals surface area contributed by atoms with E-state index in [2.05, 4.69) is 153 Å². The third kappa shape index (κ3) is 5.35. The lowest BCUT2D eigenvalue weighted by molar-refractivity contribution is 0.528. The minimum atomic E-state index is -0.118. The third-order valence-electron chi connectivity index (χ3n) is 13.0. The fourth-order valence-corrected chi connectivity index (χ4v) is 11.5. The number of aryl methyl sites for hydroxylation is 1. The number of nitrogens with zero attached hydrogens (tertiary/aromatic N) is 1. The van der Waals surface area contributed by atoms with Gasteiger partial charge >= 0.3 is 0 Å². The zero-order chi connectivity index (χ0) is 38.3. The standard InChI is InChI=1S/C54H41NO2S/c1-2-37-38(34-23-27-47-43(30-34)40-13-5-7-17-46(40)56-47)25-26-45(36-22-21-32-11-3-4-12-33(32)29-36)55-54(37)42-16-9-18-49-52(42)44-31-35(24-28-48(44)57-49)39-15-10-20-51-53(39)41-14-6-8-19-50(41)58-51/h3-9,11-19,21-25,27-30,35,37,54H,2,10,20,26,31H2,1H3. The maximum Gasteiger partial charge on any atom is 0.135 e. The van der Waals surface area contributed by atoms with Crippen LogP contribution in [0.3, 0.4) is 0 Å². The van der Waals surface area contributed by atoms with Crippen molar-refractivity contribution in [2.24, 2.45) is 16.8 Å². The number of aliphatic imine (C=N–C) groups is 1. The summed E-state index contributed by atoms with van der Waals surface area (Å²) in [4.78, 5) is 7.40. The Balaban J connectivity index is 1.02. The van der Waals surface area contributed by atoms with Crippen LogP contribution in [0.5, 0.6) is 0 Å². The SMILES string of the molecule is CCC1C(c2ccc3oc4ccccc4c3c2)=CCC(c2ccc3ccccc3c2)=NC1c1cccc2oc3c(c12)CC(C1=CCCc2sc4ccccc4c21)C=C3. The number of allylic oxidation sites excluding steroid dienone is 4. The lowest BCUT2D eigenvalue weighted by Crippen LogP contribution is -2.15. The Bertz CT molecular complexity index is 3250. The smallest absolute Gasteiger partial charge is 0.135 e. The summed E-state index contributed by atoms with van der Waals surface area (Å²) in [5.41, 5.74) is 13.2. The minimum Gasteiger partial charge on any atom is -0.456 e. The molecule has 9 aromatic rings. The molecule has 3 unspecified atom stereocenters. The van der Waals surface area contributed by atoms with Crippen LogP contribution in [0, 0.1) is 11.8 Å². The molecule has 3 atom stereocenters. The first kappa shape index (κ1) is 33.9. The normalized spacial score (nSPS) is 19.3. The number of fused-ring (bicyclic) bond motifs is 10. The van der Waals surface area contributed by atoms with Crippen molar-refractivity contribution in [2.45, 2.75) is 45.1 Å². The molecule has 280 valence electrons. The second-order valence-electron chi connectivity index (χ2n) is 16.2. The van der Waals surface area contributed by atoms with E-state index < -0.39 is 0 Å². The van der Waals surface area contributed by atoms with Crippen molar-refractivity contribution >= 4 is 88.0 Å². The van der Waals surface area contributed by atoms with Crippen LogP contribution in [-0.4, -0.2) is 5.71 Å². The van der Waals surface area contributed by atoms with Crippen LogP contribution in [0.1, 0.15) is 70.7 Å². The predicted octanol–water partition coefficient (Wildman–Crippen LogP) is 15.0. The molecule has 0 saturated carbocycles. The maximum atomic E-state index is 6.76. The molecule has 4 heterocycles. The van der Waals surface area contributed by atoms with Crippen molar-refractivity contribution < 1.29 is 8.83 Å². The van der Waals surface area contributed by atoms with Crippen molar-refractivity contribution in [3.63, 3.8) is 0 Å². The summed E-state index contributed by atoms with van der Waals surface area (Å²) >= 11 is 1.97. The Labute approximate surface area is 341 Å². The molecular formula is C54H41NO2S. The second-order valence-corrected chi connectivity index (χ2v) is 17.3. The quantitative estimate of drug-likeness (QED) is 0.175. The first-order chi connectivity index (χ1) is 28.7. The number of benzene rings is 6. The van der Waals surface area contributed by atoms with Crippen LogP contribution in [0.25, 0.3) is 71.0 Å². The third-order valence-corrected chi connectivity index (χ3v) is 14.2. The molecule has 3 aliphatic rings. The first-order valence-corrected chi connectivity index (χ1v) is 21.6. The van der Waals surface area contributed by atoms with Crippen molar-refractivity contribution in [1.29, 1.82) is 0 Å². The topological polar surface area (TPSA) is 38.6 Å². The molecule has 2 aliphatic carbocycles. The van der Waals surface area contributed by atoms with Crippen molar-refractivity contribution in [3.8, 4) is 0 Å². The highest BCUT2D eigenvalue weighted by Gasteiger charge is 2.34. The van der Waals surface area contributed by atoms with E-state index in [4.69, 9.17) is 13.8 Å². The van der Waals surface area contributed by atoms with Crippen molar-refractivity contribution in [2.75, 3.05) is 0 Å². The van der Waals surface area contributed by atoms with Crippen LogP contribution >= 0.6 is 11.3 Å². The lowest BCUT2D eigenvalue weighted by Gasteiger charge is -2.27. The summed E-state index contributed by atoms with van der Waals surface area (Å²) in [5, 5.41) is 7.42. The molecule has 58 heavy (non-hydrogen) atoms. The summed E-state index contributed by atoms with van der Waals surface area (Å²) in [6, 6.07) is 46.1. The average Bonchev–Trinajstić information content (AvgIpc) is 3.92. The van der Waals surface area contributed by atoms with Gasteiger partial charge in [-0.2, -0.15) is 0 Å². The number of hydrogen-bond donors (Lipinski definition) is 0. The molecular weight excluding hydrogens is 727 g/mol. The van der Waals surface area contributed by atoms with E-state index in [0.717, 1.165) is 71.1 Å². The van der Waals surface area contributed by atoms with Gasteiger partial charge in [0.15, 0.2) is 0 Å². The van der Waals surface area contributed by atoms with Crippen LogP contribution in [0.15, 0.2) is 159 Å². The number of thiophene rings is 1. The van der Waals surface area contributed by atoms with Gasteiger partial charge in [0.05, 0.1) is 6.04 Å². The Morgan fingerprint density at radius 3 is 2.43 bits per heavy atom. The number of furan rings is 2. The van der Waals surface area contributed by atoms with Crippen LogP contribution in [0.4, 0.5) is 0 Å². The van der Waals surface area contributed by atoms with E-state index in [9.17, 15) is 0 Å². The maximum absolute atomic E-state index is 6.76. The second kappa shape index (κ2) is 13.4. The molecule has 3 nitrogen and oxygen atoms in total. The van der Waals surface area contributed by atoms with Crippen LogP contribution in [-0.2, 0) is 12.8 Å². The van der Waals surface area contributed by atoms with Gasteiger partial charge in [-0.3, -0.25) is 4.99 Å². The summed E-state index contributed by atoms with van der Waals surface area (Å²) < 4.78 is 14.4. The molecule has 0 N–H and O–H groups in total. The Kier molecular flexibility index (Phi) is 7.84. The Hall–Kier alpha value is -6.23. The molecule has 3 aromatic heterocycles. The molecule has 4 heteroatoms. The van der Waals surface area contributed by atoms with E-state index in [-0.39, 0.29) is 17.9 Å².